The summed E-state index contributed by atoms with van der Waals surface area (Å²) in [5, 5.41) is 5.06. The van der Waals surface area contributed by atoms with Gasteiger partial charge in [0.05, 0.1) is 12.2 Å². The number of amides is 1. The first-order chi connectivity index (χ1) is 10.6. The van der Waals surface area contributed by atoms with Gasteiger partial charge in [0.25, 0.3) is 0 Å². The van der Waals surface area contributed by atoms with E-state index >= 15 is 0 Å². The lowest BCUT2D eigenvalue weighted by atomic mass is 10.0. The molecule has 4 nitrogen and oxygen atoms in total. The predicted octanol–water partition coefficient (Wildman–Crippen LogP) is 3.86. The van der Waals surface area contributed by atoms with Crippen molar-refractivity contribution in [1.82, 2.24) is 9.78 Å². The normalized spacial score (nSPS) is 20.8. The van der Waals surface area contributed by atoms with E-state index in [1.165, 1.54) is 0 Å². The van der Waals surface area contributed by atoms with Crippen molar-refractivity contribution in [2.75, 3.05) is 4.90 Å². The molecule has 0 aliphatic carbocycles. The topological polar surface area (TPSA) is 38.1 Å². The van der Waals surface area contributed by atoms with Gasteiger partial charge in [-0.3, -0.25) is 9.69 Å². The molecule has 0 saturated carbocycles. The predicted molar refractivity (Wildman–Crippen MR) is 88.3 cm³/mol. The van der Waals surface area contributed by atoms with Crippen LogP contribution in [0.5, 0.6) is 0 Å². The fourth-order valence-electron chi connectivity index (χ4n) is 3.20. The lowest BCUT2D eigenvalue weighted by Crippen LogP contribution is -2.45. The minimum Gasteiger partial charge on any atom is -0.294 e. The third-order valence-electron chi connectivity index (χ3n) is 4.27. The van der Waals surface area contributed by atoms with E-state index in [0.717, 1.165) is 22.8 Å². The first-order valence-corrected chi connectivity index (χ1v) is 8.04. The molecule has 22 heavy (non-hydrogen) atoms. The SMILES string of the molecule is C[C@H]1C[C@H](C)n2nccc2N1C(=O)CCc1ccccc1Cl. The minimum atomic E-state index is 0.126. The van der Waals surface area contributed by atoms with Crippen LogP contribution in [0, 0.1) is 0 Å². The molecule has 1 aliphatic heterocycles. The van der Waals surface area contributed by atoms with Gasteiger partial charge in [-0.1, -0.05) is 29.8 Å². The summed E-state index contributed by atoms with van der Waals surface area (Å²) >= 11 is 6.17. The van der Waals surface area contributed by atoms with Crippen molar-refractivity contribution >= 4 is 23.3 Å². The van der Waals surface area contributed by atoms with E-state index < -0.39 is 0 Å². The Morgan fingerprint density at radius 3 is 2.82 bits per heavy atom. The van der Waals surface area contributed by atoms with Crippen LogP contribution in [0.4, 0.5) is 5.82 Å². The highest BCUT2D eigenvalue weighted by molar-refractivity contribution is 6.31. The third-order valence-corrected chi connectivity index (χ3v) is 4.64. The van der Waals surface area contributed by atoms with Crippen LogP contribution >= 0.6 is 11.6 Å². The fraction of sp³-hybridized carbons (Fsp3) is 0.412. The summed E-state index contributed by atoms with van der Waals surface area (Å²) in [5.41, 5.74) is 1.02. The van der Waals surface area contributed by atoms with Crippen LogP contribution in [-0.4, -0.2) is 21.7 Å². The Morgan fingerprint density at radius 2 is 2.05 bits per heavy atom. The summed E-state index contributed by atoms with van der Waals surface area (Å²) in [6.45, 7) is 4.24. The quantitative estimate of drug-likeness (QED) is 0.862. The van der Waals surface area contributed by atoms with Gasteiger partial charge >= 0.3 is 0 Å². The molecule has 2 heterocycles. The number of hydrogen-bond acceptors (Lipinski definition) is 2. The highest BCUT2D eigenvalue weighted by Gasteiger charge is 2.31. The van der Waals surface area contributed by atoms with E-state index in [9.17, 15) is 4.79 Å². The lowest BCUT2D eigenvalue weighted by molar-refractivity contribution is -0.119. The Kier molecular flexibility index (Phi) is 4.21. The number of rotatable bonds is 3. The van der Waals surface area contributed by atoms with Crippen molar-refractivity contribution in [3.8, 4) is 0 Å². The molecule has 0 spiro atoms. The van der Waals surface area contributed by atoms with Crippen LogP contribution < -0.4 is 4.90 Å². The molecule has 0 fully saturated rings. The number of aromatic nitrogens is 2. The number of anilines is 1. The first kappa shape index (κ1) is 15.1. The van der Waals surface area contributed by atoms with Crippen LogP contribution in [0.2, 0.25) is 5.02 Å². The Hall–Kier alpha value is -1.81. The average Bonchev–Trinajstić information content (AvgIpc) is 2.96. The van der Waals surface area contributed by atoms with Crippen LogP contribution in [0.15, 0.2) is 36.5 Å². The van der Waals surface area contributed by atoms with E-state index in [-0.39, 0.29) is 11.9 Å². The molecule has 0 N–H and O–H groups in total. The van der Waals surface area contributed by atoms with E-state index in [2.05, 4.69) is 18.9 Å². The van der Waals surface area contributed by atoms with Crippen molar-refractivity contribution < 1.29 is 4.79 Å². The summed E-state index contributed by atoms with van der Waals surface area (Å²) < 4.78 is 1.94. The smallest absolute Gasteiger partial charge is 0.228 e. The van der Waals surface area contributed by atoms with E-state index in [1.807, 2.05) is 39.9 Å². The second-order valence-corrected chi connectivity index (χ2v) is 6.33. The molecular formula is C17H20ClN3O. The van der Waals surface area contributed by atoms with Gasteiger partial charge < -0.3 is 0 Å². The van der Waals surface area contributed by atoms with Crippen molar-refractivity contribution in [3.63, 3.8) is 0 Å². The number of hydrogen-bond donors (Lipinski definition) is 0. The molecule has 1 aliphatic rings. The molecule has 0 radical (unpaired) electrons. The number of aryl methyl sites for hydroxylation is 1. The molecule has 2 atom stereocenters. The highest BCUT2D eigenvalue weighted by Crippen LogP contribution is 2.32. The average molecular weight is 318 g/mol. The lowest BCUT2D eigenvalue weighted by Gasteiger charge is -2.37. The third kappa shape index (κ3) is 2.75. The Labute approximate surface area is 135 Å². The van der Waals surface area contributed by atoms with Gasteiger partial charge in [0.2, 0.25) is 5.91 Å². The fourth-order valence-corrected chi connectivity index (χ4v) is 3.43. The van der Waals surface area contributed by atoms with Crippen molar-refractivity contribution in [3.05, 3.63) is 47.1 Å². The summed E-state index contributed by atoms with van der Waals surface area (Å²) in [4.78, 5) is 14.6. The maximum absolute atomic E-state index is 12.7. The van der Waals surface area contributed by atoms with Crippen molar-refractivity contribution in [2.45, 2.75) is 45.2 Å². The monoisotopic (exact) mass is 317 g/mol. The number of carbonyl (C=O) groups excluding carboxylic acids is 1. The van der Waals surface area contributed by atoms with Crippen LogP contribution in [0.25, 0.3) is 0 Å². The number of benzene rings is 1. The summed E-state index contributed by atoms with van der Waals surface area (Å²) in [7, 11) is 0. The van der Waals surface area contributed by atoms with Crippen molar-refractivity contribution in [1.29, 1.82) is 0 Å². The van der Waals surface area contributed by atoms with Crippen molar-refractivity contribution in [2.24, 2.45) is 0 Å². The molecular weight excluding hydrogens is 298 g/mol. The molecule has 116 valence electrons. The molecule has 1 amide bonds. The molecule has 1 aromatic heterocycles. The summed E-state index contributed by atoms with van der Waals surface area (Å²) in [6.07, 6.45) is 3.80. The van der Waals surface area contributed by atoms with Crippen LogP contribution in [-0.2, 0) is 11.2 Å². The number of nitrogens with zero attached hydrogens (tertiary/aromatic N) is 3. The molecule has 0 bridgehead atoms. The zero-order valence-electron chi connectivity index (χ0n) is 12.9. The van der Waals surface area contributed by atoms with Gasteiger partial charge in [-0.25, -0.2) is 4.68 Å². The number of halogens is 1. The standard InChI is InChI=1S/C17H20ClN3O/c1-12-11-13(2)21-16(9-10-19-21)20(12)17(22)8-7-14-5-3-4-6-15(14)18/h3-6,9-10,12-13H,7-8,11H2,1-2H3/t12-,13-/m0/s1. The molecule has 0 unspecified atom stereocenters. The van der Waals surface area contributed by atoms with Crippen LogP contribution in [0.1, 0.15) is 38.3 Å². The molecule has 0 saturated heterocycles. The van der Waals surface area contributed by atoms with Gasteiger partial charge in [-0.2, -0.15) is 5.10 Å². The Morgan fingerprint density at radius 1 is 1.27 bits per heavy atom. The van der Waals surface area contributed by atoms with Gasteiger partial charge in [0, 0.05) is 23.6 Å². The van der Waals surface area contributed by atoms with Crippen LogP contribution in [0.3, 0.4) is 0 Å². The summed E-state index contributed by atoms with van der Waals surface area (Å²) in [5.74, 6) is 1.02. The minimum absolute atomic E-state index is 0.126. The Balaban J connectivity index is 1.75. The van der Waals surface area contributed by atoms with E-state index in [0.29, 0.717) is 18.9 Å². The maximum atomic E-state index is 12.7. The van der Waals surface area contributed by atoms with E-state index in [4.69, 9.17) is 11.6 Å². The summed E-state index contributed by atoms with van der Waals surface area (Å²) in [6, 6.07) is 10.1. The zero-order valence-corrected chi connectivity index (χ0v) is 13.6. The largest absolute Gasteiger partial charge is 0.294 e. The number of fused-ring (bicyclic) bond motifs is 1. The van der Waals surface area contributed by atoms with Gasteiger partial charge in [-0.15, -0.1) is 0 Å². The van der Waals surface area contributed by atoms with Gasteiger partial charge in [-0.05, 0) is 38.3 Å². The maximum Gasteiger partial charge on any atom is 0.228 e. The van der Waals surface area contributed by atoms with Gasteiger partial charge in [0.15, 0.2) is 0 Å². The van der Waals surface area contributed by atoms with Gasteiger partial charge in [0.1, 0.15) is 5.82 Å². The Bertz CT molecular complexity index is 682. The first-order valence-electron chi connectivity index (χ1n) is 7.67. The molecule has 5 heteroatoms. The number of carbonyl (C=O) groups is 1. The molecule has 1 aromatic carbocycles. The van der Waals surface area contributed by atoms with E-state index in [1.54, 1.807) is 6.20 Å². The molecule has 2 aromatic rings. The second kappa shape index (κ2) is 6.13. The zero-order chi connectivity index (χ0) is 15.7. The molecule has 3 rings (SSSR count). The second-order valence-electron chi connectivity index (χ2n) is 5.92. The highest BCUT2D eigenvalue weighted by atomic mass is 35.5.